The first-order valence-electron chi connectivity index (χ1n) is 7.23. The van der Waals surface area contributed by atoms with Gasteiger partial charge < -0.3 is 10.2 Å². The Bertz CT molecular complexity index is 309. The summed E-state index contributed by atoms with van der Waals surface area (Å²) >= 11 is 0. The van der Waals surface area contributed by atoms with Gasteiger partial charge in [-0.25, -0.2) is 0 Å². The Morgan fingerprint density at radius 3 is 2.50 bits per heavy atom. The molecule has 2 aliphatic rings. The van der Waals surface area contributed by atoms with E-state index < -0.39 is 0 Å². The van der Waals surface area contributed by atoms with Gasteiger partial charge in [-0.15, -0.1) is 0 Å². The van der Waals surface area contributed by atoms with Crippen molar-refractivity contribution in [2.75, 3.05) is 19.6 Å². The zero-order valence-corrected chi connectivity index (χ0v) is 11.3. The molecule has 0 bridgehead atoms. The summed E-state index contributed by atoms with van der Waals surface area (Å²) in [6.45, 7) is 3.90. The molecule has 0 spiro atoms. The first-order valence-corrected chi connectivity index (χ1v) is 7.23. The Balaban J connectivity index is 1.81. The van der Waals surface area contributed by atoms with Crippen molar-refractivity contribution in [3.05, 3.63) is 0 Å². The van der Waals surface area contributed by atoms with Crippen molar-refractivity contribution in [1.82, 2.24) is 10.2 Å². The van der Waals surface area contributed by atoms with Gasteiger partial charge in [-0.2, -0.15) is 0 Å². The van der Waals surface area contributed by atoms with Crippen molar-refractivity contribution >= 4 is 11.8 Å². The number of hydrogen-bond acceptors (Lipinski definition) is 2. The normalized spacial score (nSPS) is 29.9. The van der Waals surface area contributed by atoms with Crippen molar-refractivity contribution in [2.24, 2.45) is 11.8 Å². The van der Waals surface area contributed by atoms with E-state index in [4.69, 9.17) is 0 Å². The minimum atomic E-state index is 0.000501. The van der Waals surface area contributed by atoms with E-state index in [0.29, 0.717) is 18.9 Å². The van der Waals surface area contributed by atoms with Crippen LogP contribution < -0.4 is 5.32 Å². The third-order valence-electron chi connectivity index (χ3n) is 4.42. The van der Waals surface area contributed by atoms with E-state index in [-0.39, 0.29) is 18.4 Å². The molecule has 4 nitrogen and oxygen atoms in total. The lowest BCUT2D eigenvalue weighted by atomic mass is 9.80. The van der Waals surface area contributed by atoms with E-state index >= 15 is 0 Å². The van der Waals surface area contributed by atoms with Crippen LogP contribution in [0.25, 0.3) is 0 Å². The first-order chi connectivity index (χ1) is 8.69. The Kier molecular flexibility index (Phi) is 4.61. The molecule has 0 aromatic heterocycles. The lowest BCUT2D eigenvalue weighted by Gasteiger charge is -2.31. The van der Waals surface area contributed by atoms with E-state index in [1.54, 1.807) is 0 Å². The van der Waals surface area contributed by atoms with Gasteiger partial charge in [0.2, 0.25) is 11.8 Å². The molecule has 2 fully saturated rings. The van der Waals surface area contributed by atoms with Crippen molar-refractivity contribution in [2.45, 2.75) is 45.4 Å². The van der Waals surface area contributed by atoms with Crippen LogP contribution in [-0.4, -0.2) is 36.3 Å². The second-order valence-corrected chi connectivity index (χ2v) is 5.66. The molecule has 18 heavy (non-hydrogen) atoms. The topological polar surface area (TPSA) is 49.4 Å². The summed E-state index contributed by atoms with van der Waals surface area (Å²) in [4.78, 5) is 25.0. The zero-order chi connectivity index (χ0) is 13.0. The number of nitrogens with one attached hydrogen (secondary N) is 1. The third-order valence-corrected chi connectivity index (χ3v) is 4.42. The Labute approximate surface area is 109 Å². The van der Waals surface area contributed by atoms with Gasteiger partial charge in [0.15, 0.2) is 0 Å². The van der Waals surface area contributed by atoms with Gasteiger partial charge >= 0.3 is 0 Å². The van der Waals surface area contributed by atoms with E-state index in [0.717, 1.165) is 12.5 Å². The minimum absolute atomic E-state index is 0.000501. The fourth-order valence-corrected chi connectivity index (χ4v) is 3.06. The lowest BCUT2D eigenvalue weighted by Crippen LogP contribution is -2.39. The van der Waals surface area contributed by atoms with Crippen LogP contribution in [-0.2, 0) is 9.59 Å². The highest BCUT2D eigenvalue weighted by Gasteiger charge is 2.26. The minimum Gasteiger partial charge on any atom is -0.347 e. The van der Waals surface area contributed by atoms with Crippen LogP contribution in [0.3, 0.4) is 0 Å². The number of amides is 2. The van der Waals surface area contributed by atoms with Gasteiger partial charge in [0.25, 0.3) is 0 Å². The molecule has 0 radical (unpaired) electrons. The van der Waals surface area contributed by atoms with Crippen molar-refractivity contribution in [3.63, 3.8) is 0 Å². The average Bonchev–Trinajstić information content (AvgIpc) is 2.55. The SMILES string of the molecule is CCC1CCC(CN2CCC(=O)NCC2=O)CC1. The summed E-state index contributed by atoms with van der Waals surface area (Å²) in [5.74, 6) is 1.62. The van der Waals surface area contributed by atoms with E-state index in [9.17, 15) is 9.59 Å². The van der Waals surface area contributed by atoms with Crippen LogP contribution in [0.5, 0.6) is 0 Å². The van der Waals surface area contributed by atoms with E-state index in [2.05, 4.69) is 12.2 Å². The van der Waals surface area contributed by atoms with E-state index in [1.807, 2.05) is 4.90 Å². The predicted molar refractivity (Wildman–Crippen MR) is 69.9 cm³/mol. The van der Waals surface area contributed by atoms with Crippen molar-refractivity contribution in [3.8, 4) is 0 Å². The van der Waals surface area contributed by atoms with Gasteiger partial charge in [-0.05, 0) is 24.7 Å². The summed E-state index contributed by atoms with van der Waals surface area (Å²) in [5, 5.41) is 2.65. The molecule has 0 unspecified atom stereocenters. The number of nitrogens with zero attached hydrogens (tertiary/aromatic N) is 1. The van der Waals surface area contributed by atoms with Gasteiger partial charge in [-0.1, -0.05) is 26.2 Å². The quantitative estimate of drug-likeness (QED) is 0.828. The Morgan fingerprint density at radius 2 is 1.83 bits per heavy atom. The molecule has 102 valence electrons. The third kappa shape index (κ3) is 3.47. The second kappa shape index (κ2) is 6.21. The molecule has 0 aromatic carbocycles. The second-order valence-electron chi connectivity index (χ2n) is 5.66. The fraction of sp³-hybridized carbons (Fsp3) is 0.857. The molecule has 1 aliphatic heterocycles. The maximum atomic E-state index is 11.9. The highest BCUT2D eigenvalue weighted by Crippen LogP contribution is 2.31. The average molecular weight is 252 g/mol. The molecular formula is C14H24N2O2. The van der Waals surface area contributed by atoms with Gasteiger partial charge in [0.05, 0.1) is 6.54 Å². The standard InChI is InChI=1S/C14H24N2O2/c1-2-11-3-5-12(6-4-11)10-16-8-7-13(17)15-9-14(16)18/h11-12H,2-10H2,1H3,(H,15,17). The van der Waals surface area contributed by atoms with Crippen LogP contribution >= 0.6 is 0 Å². The molecule has 1 saturated carbocycles. The molecular weight excluding hydrogens is 228 g/mol. The molecule has 2 amide bonds. The highest BCUT2D eigenvalue weighted by atomic mass is 16.2. The van der Waals surface area contributed by atoms with Crippen molar-refractivity contribution in [1.29, 1.82) is 0 Å². The lowest BCUT2D eigenvalue weighted by molar-refractivity contribution is -0.130. The van der Waals surface area contributed by atoms with Crippen LogP contribution in [0, 0.1) is 11.8 Å². The number of carbonyl (C=O) groups is 2. The maximum absolute atomic E-state index is 11.9. The van der Waals surface area contributed by atoms with Crippen LogP contribution in [0.1, 0.15) is 45.4 Å². The number of carbonyl (C=O) groups excluding carboxylic acids is 2. The summed E-state index contributed by atoms with van der Waals surface area (Å²) < 4.78 is 0. The fourth-order valence-electron chi connectivity index (χ4n) is 3.06. The van der Waals surface area contributed by atoms with Crippen LogP contribution in [0.15, 0.2) is 0 Å². The first kappa shape index (κ1) is 13.4. The smallest absolute Gasteiger partial charge is 0.241 e. The van der Waals surface area contributed by atoms with Gasteiger partial charge in [0.1, 0.15) is 0 Å². The van der Waals surface area contributed by atoms with Crippen LogP contribution in [0.2, 0.25) is 0 Å². The Morgan fingerprint density at radius 1 is 1.17 bits per heavy atom. The summed E-state index contributed by atoms with van der Waals surface area (Å²) in [5.41, 5.74) is 0. The van der Waals surface area contributed by atoms with E-state index in [1.165, 1.54) is 32.1 Å². The highest BCUT2D eigenvalue weighted by molar-refractivity contribution is 5.87. The molecule has 1 aliphatic carbocycles. The number of rotatable bonds is 3. The number of hydrogen-bond donors (Lipinski definition) is 1. The molecule has 0 aromatic rings. The summed E-state index contributed by atoms with van der Waals surface area (Å²) in [7, 11) is 0. The molecule has 4 heteroatoms. The zero-order valence-electron chi connectivity index (χ0n) is 11.3. The summed E-state index contributed by atoms with van der Waals surface area (Å²) in [6, 6.07) is 0. The Hall–Kier alpha value is -1.06. The predicted octanol–water partition coefficient (Wildman–Crippen LogP) is 1.55. The van der Waals surface area contributed by atoms with Crippen molar-refractivity contribution < 1.29 is 9.59 Å². The molecule has 1 heterocycles. The van der Waals surface area contributed by atoms with Gasteiger partial charge in [0, 0.05) is 19.5 Å². The monoisotopic (exact) mass is 252 g/mol. The van der Waals surface area contributed by atoms with Gasteiger partial charge in [-0.3, -0.25) is 9.59 Å². The summed E-state index contributed by atoms with van der Waals surface area (Å²) in [6.07, 6.45) is 6.83. The van der Waals surface area contributed by atoms with Crippen LogP contribution in [0.4, 0.5) is 0 Å². The molecule has 0 atom stereocenters. The molecule has 2 rings (SSSR count). The molecule has 1 saturated heterocycles. The maximum Gasteiger partial charge on any atom is 0.241 e. The molecule has 1 N–H and O–H groups in total. The largest absolute Gasteiger partial charge is 0.347 e.